The van der Waals surface area contributed by atoms with Crippen molar-refractivity contribution in [2.24, 2.45) is 0 Å². The van der Waals surface area contributed by atoms with Crippen molar-refractivity contribution >= 4 is 23.4 Å². The van der Waals surface area contributed by atoms with Gasteiger partial charge in [-0.25, -0.2) is 9.48 Å². The summed E-state index contributed by atoms with van der Waals surface area (Å²) in [5.41, 5.74) is 3.89. The number of benzene rings is 2. The van der Waals surface area contributed by atoms with Gasteiger partial charge < -0.3 is 15.4 Å². The number of pyridine rings is 1. The highest BCUT2D eigenvalue weighted by Gasteiger charge is 2.24. The van der Waals surface area contributed by atoms with Crippen LogP contribution in [0.25, 0.3) is 5.69 Å². The molecule has 4 aromatic rings. The van der Waals surface area contributed by atoms with Gasteiger partial charge in [0.25, 0.3) is 5.91 Å². The van der Waals surface area contributed by atoms with E-state index in [1.54, 1.807) is 48.1 Å². The third-order valence-corrected chi connectivity index (χ3v) is 6.28. The van der Waals surface area contributed by atoms with E-state index in [1.807, 2.05) is 37.3 Å². The van der Waals surface area contributed by atoms with Crippen LogP contribution < -0.4 is 20.7 Å². The first-order valence-corrected chi connectivity index (χ1v) is 12.2. The predicted molar refractivity (Wildman–Crippen MR) is 142 cm³/mol. The molecule has 1 aliphatic carbocycles. The first kappa shape index (κ1) is 24.1. The van der Waals surface area contributed by atoms with Crippen molar-refractivity contribution in [3.8, 4) is 17.2 Å². The van der Waals surface area contributed by atoms with E-state index < -0.39 is 0 Å². The van der Waals surface area contributed by atoms with E-state index in [-0.39, 0.29) is 17.6 Å². The summed E-state index contributed by atoms with van der Waals surface area (Å²) in [6.45, 7) is 2.03. The molecular formula is C28H28N6O3. The van der Waals surface area contributed by atoms with Crippen LogP contribution in [0.1, 0.15) is 46.9 Å². The molecule has 0 bridgehead atoms. The maximum absolute atomic E-state index is 12.9. The number of hydrogen-bond acceptors (Lipinski definition) is 5. The average Bonchev–Trinajstić information content (AvgIpc) is 3.26. The summed E-state index contributed by atoms with van der Waals surface area (Å²) in [4.78, 5) is 28.7. The van der Waals surface area contributed by atoms with Gasteiger partial charge in [0.2, 0.25) is 0 Å². The van der Waals surface area contributed by atoms with Gasteiger partial charge in [-0.05, 0) is 67.8 Å². The Morgan fingerprint density at radius 2 is 1.78 bits per heavy atom. The first-order valence-electron chi connectivity index (χ1n) is 12.2. The molecule has 2 heterocycles. The number of nitrogens with zero attached hydrogens (tertiary/aromatic N) is 3. The second kappa shape index (κ2) is 10.5. The summed E-state index contributed by atoms with van der Waals surface area (Å²) in [5, 5.41) is 13.2. The first-order chi connectivity index (χ1) is 18.0. The Morgan fingerprint density at radius 3 is 2.49 bits per heavy atom. The van der Waals surface area contributed by atoms with Crippen molar-refractivity contribution in [3.63, 3.8) is 0 Å². The molecule has 1 aliphatic rings. The van der Waals surface area contributed by atoms with E-state index in [9.17, 15) is 9.59 Å². The fourth-order valence-electron chi connectivity index (χ4n) is 4.10. The molecule has 0 saturated heterocycles. The van der Waals surface area contributed by atoms with Crippen molar-refractivity contribution in [1.29, 1.82) is 0 Å². The van der Waals surface area contributed by atoms with Gasteiger partial charge >= 0.3 is 6.03 Å². The highest BCUT2D eigenvalue weighted by atomic mass is 16.5. The summed E-state index contributed by atoms with van der Waals surface area (Å²) in [7, 11) is 1.54. The lowest BCUT2D eigenvalue weighted by Gasteiger charge is -2.22. The Kier molecular flexibility index (Phi) is 6.85. The van der Waals surface area contributed by atoms with E-state index in [4.69, 9.17) is 9.84 Å². The van der Waals surface area contributed by atoms with Crippen molar-refractivity contribution in [2.45, 2.75) is 32.1 Å². The van der Waals surface area contributed by atoms with Crippen LogP contribution in [0, 0.1) is 6.92 Å². The van der Waals surface area contributed by atoms with E-state index in [2.05, 4.69) is 20.9 Å². The topological polar surface area (TPSA) is 110 Å². The van der Waals surface area contributed by atoms with E-state index in [0.717, 1.165) is 29.8 Å². The van der Waals surface area contributed by atoms with Gasteiger partial charge in [-0.1, -0.05) is 18.6 Å². The quantitative estimate of drug-likeness (QED) is 0.307. The van der Waals surface area contributed by atoms with Crippen LogP contribution in [0.3, 0.4) is 0 Å². The van der Waals surface area contributed by atoms with Crippen LogP contribution in [0.2, 0.25) is 0 Å². The minimum atomic E-state index is -0.369. The molecule has 3 amide bonds. The Labute approximate surface area is 214 Å². The Hall–Kier alpha value is -4.66. The molecule has 188 valence electrons. The van der Waals surface area contributed by atoms with Crippen LogP contribution in [-0.2, 0) is 0 Å². The molecule has 2 aromatic carbocycles. The number of carbonyl (C=O) groups is 2. The average molecular weight is 497 g/mol. The van der Waals surface area contributed by atoms with E-state index >= 15 is 0 Å². The van der Waals surface area contributed by atoms with Gasteiger partial charge in [0.1, 0.15) is 23.0 Å². The van der Waals surface area contributed by atoms with Crippen molar-refractivity contribution in [1.82, 2.24) is 20.1 Å². The molecule has 5 rings (SSSR count). The molecule has 1 fully saturated rings. The number of amides is 3. The fourth-order valence-corrected chi connectivity index (χ4v) is 4.10. The molecule has 3 N–H and O–H groups in total. The molecular weight excluding hydrogens is 468 g/mol. The zero-order valence-electron chi connectivity index (χ0n) is 20.7. The van der Waals surface area contributed by atoms with Crippen LogP contribution >= 0.6 is 0 Å². The highest BCUT2D eigenvalue weighted by molar-refractivity contribution is 5.99. The number of carbonyl (C=O) groups excluding carboxylic acids is 2. The normalized spacial score (nSPS) is 12.9. The zero-order valence-corrected chi connectivity index (χ0v) is 20.7. The fraction of sp³-hybridized carbons (Fsp3) is 0.214. The molecule has 0 aliphatic heterocycles. The zero-order chi connectivity index (χ0) is 25.8. The van der Waals surface area contributed by atoms with E-state index in [1.165, 1.54) is 12.6 Å². The monoisotopic (exact) mass is 496 g/mol. The highest BCUT2D eigenvalue weighted by Crippen LogP contribution is 2.37. The van der Waals surface area contributed by atoms with Gasteiger partial charge in [-0.2, -0.15) is 5.10 Å². The number of rotatable bonds is 7. The summed E-state index contributed by atoms with van der Waals surface area (Å²) >= 11 is 0. The molecule has 37 heavy (non-hydrogen) atoms. The molecule has 0 spiro atoms. The second-order valence-corrected chi connectivity index (χ2v) is 8.99. The van der Waals surface area contributed by atoms with Crippen molar-refractivity contribution in [2.75, 3.05) is 17.7 Å². The van der Waals surface area contributed by atoms with Crippen LogP contribution in [0.5, 0.6) is 11.5 Å². The Bertz CT molecular complexity index is 1430. The van der Waals surface area contributed by atoms with Crippen LogP contribution in [0.4, 0.5) is 16.3 Å². The maximum atomic E-state index is 12.9. The van der Waals surface area contributed by atoms with Crippen LogP contribution in [-0.4, -0.2) is 33.8 Å². The summed E-state index contributed by atoms with van der Waals surface area (Å²) in [5.74, 6) is 1.81. The minimum absolute atomic E-state index is 0.264. The largest absolute Gasteiger partial charge is 0.457 e. The van der Waals surface area contributed by atoms with Gasteiger partial charge in [0, 0.05) is 37.0 Å². The van der Waals surface area contributed by atoms with Crippen LogP contribution in [0.15, 0.2) is 72.9 Å². The second-order valence-electron chi connectivity index (χ2n) is 8.99. The lowest BCUT2D eigenvalue weighted by atomic mass is 9.83. The summed E-state index contributed by atoms with van der Waals surface area (Å²) in [6, 6.07) is 19.8. The van der Waals surface area contributed by atoms with Gasteiger partial charge in [0.05, 0.1) is 11.4 Å². The molecule has 0 atom stereocenters. The Balaban J connectivity index is 1.26. The molecule has 9 nitrogen and oxygen atoms in total. The SMILES string of the molecule is CNC(=O)c1cc(Oc2ccc(NC(=O)Nc3cc(C4CCC4)nn3-c3cccc(C)c3)cc2)ccn1. The lowest BCUT2D eigenvalue weighted by Crippen LogP contribution is -2.21. The number of aromatic nitrogens is 3. The molecule has 9 heteroatoms. The number of nitrogens with one attached hydrogen (secondary N) is 3. The van der Waals surface area contributed by atoms with E-state index in [0.29, 0.717) is 28.9 Å². The third kappa shape index (κ3) is 5.61. The predicted octanol–water partition coefficient (Wildman–Crippen LogP) is 5.64. The Morgan fingerprint density at radius 1 is 0.973 bits per heavy atom. The standard InChI is InChI=1S/C28H28N6O3/c1-18-5-3-8-21(15-18)34-26(17-24(33-34)19-6-4-7-19)32-28(36)31-20-9-11-22(12-10-20)37-23-13-14-30-25(16-23)27(35)29-2/h3,5,8-17,19H,4,6-7H2,1-2H3,(H,29,35)(H2,31,32,36). The maximum Gasteiger partial charge on any atom is 0.324 e. The molecule has 0 unspecified atom stereocenters. The number of aryl methyl sites for hydroxylation is 1. The van der Waals surface area contributed by atoms with Crippen molar-refractivity contribution < 1.29 is 14.3 Å². The van der Waals surface area contributed by atoms with Crippen molar-refractivity contribution in [3.05, 3.63) is 89.9 Å². The number of anilines is 2. The molecule has 0 radical (unpaired) electrons. The number of ether oxygens (including phenoxy) is 1. The van der Waals surface area contributed by atoms with Gasteiger partial charge in [-0.3, -0.25) is 15.1 Å². The van der Waals surface area contributed by atoms with Gasteiger partial charge in [-0.15, -0.1) is 0 Å². The smallest absolute Gasteiger partial charge is 0.324 e. The summed E-state index contributed by atoms with van der Waals surface area (Å²) < 4.78 is 7.62. The third-order valence-electron chi connectivity index (χ3n) is 6.28. The number of hydrogen-bond donors (Lipinski definition) is 3. The summed E-state index contributed by atoms with van der Waals surface area (Å²) in [6.07, 6.45) is 4.97. The van der Waals surface area contributed by atoms with Gasteiger partial charge in [0.15, 0.2) is 0 Å². The molecule has 1 saturated carbocycles. The lowest BCUT2D eigenvalue weighted by molar-refractivity contribution is 0.0958. The minimum Gasteiger partial charge on any atom is -0.457 e. The molecule has 2 aromatic heterocycles. The number of urea groups is 1.